The Balaban J connectivity index is 2.37. The van der Waals surface area contributed by atoms with Gasteiger partial charge < -0.3 is 9.64 Å². The summed E-state index contributed by atoms with van der Waals surface area (Å²) in [6, 6.07) is 8.85. The average Bonchev–Trinajstić information content (AvgIpc) is 2.46. The lowest BCUT2D eigenvalue weighted by Gasteiger charge is -2.12. The maximum atomic E-state index is 11.8. The number of hydrogen-bond donors (Lipinski definition) is 0. The number of rotatable bonds is 4. The summed E-state index contributed by atoms with van der Waals surface area (Å²) in [5, 5.41) is 1.02. The van der Waals surface area contributed by atoms with Gasteiger partial charge in [-0.1, -0.05) is 35.5 Å². The van der Waals surface area contributed by atoms with Gasteiger partial charge in [0.05, 0.1) is 12.7 Å². The highest BCUT2D eigenvalue weighted by Gasteiger charge is 2.14. The van der Waals surface area contributed by atoms with Crippen molar-refractivity contribution in [3.63, 3.8) is 0 Å². The van der Waals surface area contributed by atoms with Crippen molar-refractivity contribution >= 4 is 35.3 Å². The fraction of sp³-hybridized carbons (Fsp3) is 0.214. The summed E-state index contributed by atoms with van der Waals surface area (Å²) < 4.78 is 4.78. The molecule has 0 aliphatic carbocycles. The SMILES string of the molecule is COC(=O)c1ccccc1Sc1cc(Cl)nc(N(C)C)n1. The molecular formula is C14H14ClN3O2S. The van der Waals surface area contributed by atoms with E-state index in [1.807, 2.05) is 26.2 Å². The molecule has 0 aliphatic rings. The number of anilines is 1. The Morgan fingerprint density at radius 2 is 2.00 bits per heavy atom. The van der Waals surface area contributed by atoms with Crippen molar-refractivity contribution in [2.24, 2.45) is 0 Å². The van der Waals surface area contributed by atoms with Gasteiger partial charge in [-0.15, -0.1) is 0 Å². The Labute approximate surface area is 132 Å². The van der Waals surface area contributed by atoms with E-state index in [4.69, 9.17) is 16.3 Å². The van der Waals surface area contributed by atoms with Gasteiger partial charge in [0.25, 0.3) is 0 Å². The molecule has 0 radical (unpaired) electrons. The number of benzene rings is 1. The standard InChI is InChI=1S/C14H14ClN3O2S/c1-18(2)14-16-11(15)8-12(17-14)21-10-7-5-4-6-9(10)13(19)20-3/h4-8H,1-3H3. The number of carbonyl (C=O) groups is 1. The number of esters is 1. The minimum atomic E-state index is -0.383. The van der Waals surface area contributed by atoms with Gasteiger partial charge in [-0.25, -0.2) is 14.8 Å². The molecule has 0 bridgehead atoms. The van der Waals surface area contributed by atoms with Gasteiger partial charge in [0.2, 0.25) is 5.95 Å². The van der Waals surface area contributed by atoms with Gasteiger partial charge in [-0.2, -0.15) is 0 Å². The van der Waals surface area contributed by atoms with Crippen LogP contribution in [0.4, 0.5) is 5.95 Å². The second-order valence-corrected chi connectivity index (χ2v) is 5.76. The molecule has 0 saturated heterocycles. The summed E-state index contributed by atoms with van der Waals surface area (Å²) in [7, 11) is 5.03. The Hall–Kier alpha value is -1.79. The van der Waals surface area contributed by atoms with Crippen LogP contribution in [0.15, 0.2) is 40.3 Å². The van der Waals surface area contributed by atoms with E-state index in [0.717, 1.165) is 4.90 Å². The predicted octanol–water partition coefficient (Wildman–Crippen LogP) is 3.13. The van der Waals surface area contributed by atoms with Crippen molar-refractivity contribution in [2.75, 3.05) is 26.1 Å². The number of halogens is 1. The first-order chi connectivity index (χ1) is 10.0. The molecule has 0 N–H and O–H groups in total. The lowest BCUT2D eigenvalue weighted by Crippen LogP contribution is -2.13. The molecule has 1 heterocycles. The van der Waals surface area contributed by atoms with Crippen molar-refractivity contribution in [3.05, 3.63) is 41.0 Å². The first-order valence-electron chi connectivity index (χ1n) is 6.08. The quantitative estimate of drug-likeness (QED) is 0.636. The molecule has 1 aromatic carbocycles. The lowest BCUT2D eigenvalue weighted by atomic mass is 10.2. The number of nitrogens with zero attached hydrogens (tertiary/aromatic N) is 3. The lowest BCUT2D eigenvalue weighted by molar-refractivity contribution is 0.0597. The fourth-order valence-corrected chi connectivity index (χ4v) is 2.76. The number of aromatic nitrogens is 2. The van der Waals surface area contributed by atoms with Crippen LogP contribution < -0.4 is 4.90 Å². The highest BCUT2D eigenvalue weighted by Crippen LogP contribution is 2.31. The summed E-state index contributed by atoms with van der Waals surface area (Å²) in [5.74, 6) is 0.131. The summed E-state index contributed by atoms with van der Waals surface area (Å²) in [6.07, 6.45) is 0. The number of methoxy groups -OCH3 is 1. The molecule has 110 valence electrons. The van der Waals surface area contributed by atoms with Gasteiger partial charge >= 0.3 is 5.97 Å². The zero-order valence-electron chi connectivity index (χ0n) is 11.8. The number of carbonyl (C=O) groups excluding carboxylic acids is 1. The minimum absolute atomic E-state index is 0.353. The van der Waals surface area contributed by atoms with Crippen LogP contribution in [0.5, 0.6) is 0 Å². The molecule has 0 spiro atoms. The Morgan fingerprint density at radius 3 is 2.67 bits per heavy atom. The topological polar surface area (TPSA) is 55.3 Å². The summed E-state index contributed by atoms with van der Waals surface area (Å²) >= 11 is 7.35. The van der Waals surface area contributed by atoms with Gasteiger partial charge in [0.15, 0.2) is 0 Å². The van der Waals surface area contributed by atoms with E-state index in [9.17, 15) is 4.79 Å². The van der Waals surface area contributed by atoms with E-state index < -0.39 is 0 Å². The van der Waals surface area contributed by atoms with Crippen LogP contribution in [0, 0.1) is 0 Å². The van der Waals surface area contributed by atoms with Crippen molar-refractivity contribution in [1.29, 1.82) is 0 Å². The monoisotopic (exact) mass is 323 g/mol. The maximum absolute atomic E-state index is 11.8. The molecular weight excluding hydrogens is 310 g/mol. The smallest absolute Gasteiger partial charge is 0.339 e. The minimum Gasteiger partial charge on any atom is -0.465 e. The number of hydrogen-bond acceptors (Lipinski definition) is 6. The van der Waals surface area contributed by atoms with Gasteiger partial charge in [-0.3, -0.25) is 0 Å². The van der Waals surface area contributed by atoms with E-state index in [0.29, 0.717) is 21.7 Å². The molecule has 0 fully saturated rings. The molecule has 0 unspecified atom stereocenters. The summed E-state index contributed by atoms with van der Waals surface area (Å²) in [5.41, 5.74) is 0.492. The van der Waals surface area contributed by atoms with E-state index in [1.165, 1.54) is 18.9 Å². The molecule has 7 heteroatoms. The van der Waals surface area contributed by atoms with E-state index in [-0.39, 0.29) is 5.97 Å². The molecule has 0 atom stereocenters. The van der Waals surface area contributed by atoms with Gasteiger partial charge in [0, 0.05) is 25.1 Å². The second-order valence-electron chi connectivity index (χ2n) is 4.31. The number of ether oxygens (including phenoxy) is 1. The Kier molecular flexibility index (Phi) is 5.03. The molecule has 5 nitrogen and oxygen atoms in total. The van der Waals surface area contributed by atoms with Gasteiger partial charge in [0.1, 0.15) is 10.2 Å². The highest BCUT2D eigenvalue weighted by molar-refractivity contribution is 7.99. The normalized spacial score (nSPS) is 10.3. The maximum Gasteiger partial charge on any atom is 0.339 e. The first-order valence-corrected chi connectivity index (χ1v) is 7.28. The Bertz CT molecular complexity index is 664. The molecule has 2 rings (SSSR count). The molecule has 0 amide bonds. The van der Waals surface area contributed by atoms with Crippen LogP contribution in [0.1, 0.15) is 10.4 Å². The highest BCUT2D eigenvalue weighted by atomic mass is 35.5. The molecule has 2 aromatic rings. The zero-order valence-corrected chi connectivity index (χ0v) is 13.4. The molecule has 21 heavy (non-hydrogen) atoms. The van der Waals surface area contributed by atoms with Crippen LogP contribution in [0.25, 0.3) is 0 Å². The third-order valence-electron chi connectivity index (χ3n) is 2.57. The van der Waals surface area contributed by atoms with Crippen LogP contribution in [-0.4, -0.2) is 37.1 Å². The largest absolute Gasteiger partial charge is 0.465 e. The van der Waals surface area contributed by atoms with Crippen molar-refractivity contribution in [1.82, 2.24) is 9.97 Å². The molecule has 1 aromatic heterocycles. The van der Waals surface area contributed by atoms with Crippen molar-refractivity contribution < 1.29 is 9.53 Å². The fourth-order valence-electron chi connectivity index (χ4n) is 1.58. The van der Waals surface area contributed by atoms with Crippen molar-refractivity contribution in [3.8, 4) is 0 Å². The van der Waals surface area contributed by atoms with Crippen LogP contribution >= 0.6 is 23.4 Å². The molecule has 0 saturated carbocycles. The van der Waals surface area contributed by atoms with E-state index in [1.54, 1.807) is 23.1 Å². The van der Waals surface area contributed by atoms with E-state index >= 15 is 0 Å². The third-order valence-corrected chi connectivity index (χ3v) is 3.75. The molecule has 0 aliphatic heterocycles. The second kappa shape index (κ2) is 6.78. The van der Waals surface area contributed by atoms with E-state index in [2.05, 4.69) is 9.97 Å². The van der Waals surface area contributed by atoms with Crippen LogP contribution in [0.3, 0.4) is 0 Å². The van der Waals surface area contributed by atoms with Crippen LogP contribution in [-0.2, 0) is 4.74 Å². The van der Waals surface area contributed by atoms with Crippen LogP contribution in [0.2, 0.25) is 5.15 Å². The summed E-state index contributed by atoms with van der Waals surface area (Å²) in [6.45, 7) is 0. The Morgan fingerprint density at radius 1 is 1.29 bits per heavy atom. The third kappa shape index (κ3) is 3.86. The zero-order chi connectivity index (χ0) is 15.4. The summed E-state index contributed by atoms with van der Waals surface area (Å²) in [4.78, 5) is 22.8. The van der Waals surface area contributed by atoms with Crippen molar-refractivity contribution in [2.45, 2.75) is 9.92 Å². The average molecular weight is 324 g/mol. The first kappa shape index (κ1) is 15.6. The van der Waals surface area contributed by atoms with Gasteiger partial charge in [-0.05, 0) is 12.1 Å². The predicted molar refractivity (Wildman–Crippen MR) is 83.3 cm³/mol.